The number of benzene rings is 2. The Hall–Kier alpha value is -2.10. The van der Waals surface area contributed by atoms with Gasteiger partial charge in [-0.05, 0) is 17.2 Å². The summed E-state index contributed by atoms with van der Waals surface area (Å²) in [4.78, 5) is 0. The molecule has 0 aliphatic carbocycles. The van der Waals surface area contributed by atoms with Gasteiger partial charge in [-0.2, -0.15) is 0 Å². The van der Waals surface area contributed by atoms with Crippen LogP contribution in [0.3, 0.4) is 0 Å². The Labute approximate surface area is 123 Å². The van der Waals surface area contributed by atoms with Crippen LogP contribution in [0.5, 0.6) is 0 Å². The van der Waals surface area contributed by atoms with Crippen LogP contribution in [0, 0.1) is 5.41 Å². The van der Waals surface area contributed by atoms with Crippen LogP contribution < -0.4 is 0 Å². The smallest absolute Gasteiger partial charge is 0.215 e. The fraction of sp³-hybridized carbons (Fsp3) is 0.222. The Balaban J connectivity index is 1.95. The second-order valence-electron chi connectivity index (χ2n) is 5.50. The molecule has 21 heavy (non-hydrogen) atoms. The molecular formula is C18H16O3. The van der Waals surface area contributed by atoms with Crippen molar-refractivity contribution in [1.82, 2.24) is 0 Å². The minimum atomic E-state index is -0.706. The van der Waals surface area contributed by atoms with E-state index in [4.69, 9.17) is 9.47 Å². The standard InChI is InChI=1S/C18H16O3/c19-13-17-11-12-20-16(17)21-18(17,14-7-3-1-4-8-14)15-9-5-2-6-10-15/h1-12,16,19H,13H2. The highest BCUT2D eigenvalue weighted by Crippen LogP contribution is 2.63. The molecule has 3 heteroatoms. The lowest BCUT2D eigenvalue weighted by Gasteiger charge is -2.58. The van der Waals surface area contributed by atoms with Crippen LogP contribution in [-0.2, 0) is 15.1 Å². The molecule has 106 valence electrons. The second-order valence-corrected chi connectivity index (χ2v) is 5.50. The molecule has 2 unspecified atom stereocenters. The molecule has 0 saturated carbocycles. The van der Waals surface area contributed by atoms with Crippen LogP contribution in [-0.4, -0.2) is 18.0 Å². The van der Waals surface area contributed by atoms with E-state index in [0.29, 0.717) is 0 Å². The molecule has 0 amide bonds. The minimum Gasteiger partial charge on any atom is -0.472 e. The number of fused-ring (bicyclic) bond motifs is 1. The highest BCUT2D eigenvalue weighted by molar-refractivity contribution is 5.46. The molecule has 2 heterocycles. The second kappa shape index (κ2) is 4.45. The van der Waals surface area contributed by atoms with Crippen LogP contribution in [0.1, 0.15) is 11.1 Å². The Morgan fingerprint density at radius 2 is 1.48 bits per heavy atom. The summed E-state index contributed by atoms with van der Waals surface area (Å²) in [6.45, 7) is -0.0298. The zero-order valence-electron chi connectivity index (χ0n) is 11.5. The van der Waals surface area contributed by atoms with E-state index in [1.165, 1.54) is 0 Å². The van der Waals surface area contributed by atoms with Crippen LogP contribution in [0.2, 0.25) is 0 Å². The first-order chi connectivity index (χ1) is 10.3. The third-order valence-corrected chi connectivity index (χ3v) is 4.55. The molecule has 3 nitrogen and oxygen atoms in total. The molecule has 2 aromatic carbocycles. The van der Waals surface area contributed by atoms with Crippen molar-refractivity contribution < 1.29 is 14.6 Å². The van der Waals surface area contributed by atoms with Gasteiger partial charge >= 0.3 is 0 Å². The van der Waals surface area contributed by atoms with E-state index in [9.17, 15) is 5.11 Å². The highest BCUT2D eigenvalue weighted by Gasteiger charge is 2.70. The van der Waals surface area contributed by atoms with Gasteiger partial charge in [0, 0.05) is 0 Å². The molecule has 1 N–H and O–H groups in total. The summed E-state index contributed by atoms with van der Waals surface area (Å²) in [7, 11) is 0. The fourth-order valence-corrected chi connectivity index (χ4v) is 3.48. The first-order valence-corrected chi connectivity index (χ1v) is 7.06. The molecule has 1 fully saturated rings. The molecule has 0 radical (unpaired) electrons. The van der Waals surface area contributed by atoms with Gasteiger partial charge < -0.3 is 14.6 Å². The number of aliphatic hydroxyl groups is 1. The van der Waals surface area contributed by atoms with E-state index in [-0.39, 0.29) is 6.61 Å². The largest absolute Gasteiger partial charge is 0.472 e. The summed E-state index contributed by atoms with van der Waals surface area (Å²) in [6.07, 6.45) is 3.14. The van der Waals surface area contributed by atoms with Gasteiger partial charge in [0.15, 0.2) is 0 Å². The van der Waals surface area contributed by atoms with Crippen LogP contribution in [0.25, 0.3) is 0 Å². The highest BCUT2D eigenvalue weighted by atomic mass is 16.7. The van der Waals surface area contributed by atoms with E-state index in [2.05, 4.69) is 0 Å². The maximum atomic E-state index is 10.1. The maximum absolute atomic E-state index is 10.1. The van der Waals surface area contributed by atoms with E-state index < -0.39 is 17.3 Å². The Morgan fingerprint density at radius 1 is 0.905 bits per heavy atom. The Bertz CT molecular complexity index is 626. The van der Waals surface area contributed by atoms with Gasteiger partial charge in [-0.15, -0.1) is 0 Å². The van der Waals surface area contributed by atoms with Gasteiger partial charge in [0.05, 0.1) is 12.9 Å². The molecule has 1 saturated heterocycles. The molecule has 2 atom stereocenters. The van der Waals surface area contributed by atoms with Gasteiger partial charge in [0.2, 0.25) is 6.29 Å². The van der Waals surface area contributed by atoms with Crippen molar-refractivity contribution in [3.63, 3.8) is 0 Å². The topological polar surface area (TPSA) is 38.7 Å². The van der Waals surface area contributed by atoms with Gasteiger partial charge in [-0.3, -0.25) is 0 Å². The monoisotopic (exact) mass is 280 g/mol. The number of ether oxygens (including phenoxy) is 2. The predicted octanol–water partition coefficient (Wildman–Crippen LogP) is 2.81. The average Bonchev–Trinajstić information content (AvgIpc) is 2.88. The summed E-state index contributed by atoms with van der Waals surface area (Å²) in [5.41, 5.74) is 0.769. The zero-order chi connectivity index (χ0) is 14.3. The molecule has 0 spiro atoms. The van der Waals surface area contributed by atoms with Crippen molar-refractivity contribution in [3.8, 4) is 0 Å². The lowest BCUT2D eigenvalue weighted by atomic mass is 9.61. The molecule has 0 bridgehead atoms. The molecule has 0 aromatic heterocycles. The maximum Gasteiger partial charge on any atom is 0.215 e. The molecule has 4 rings (SSSR count). The van der Waals surface area contributed by atoms with Gasteiger partial charge in [0.1, 0.15) is 11.0 Å². The molecule has 2 aliphatic heterocycles. The van der Waals surface area contributed by atoms with Crippen LogP contribution in [0.4, 0.5) is 0 Å². The van der Waals surface area contributed by atoms with Crippen molar-refractivity contribution in [1.29, 1.82) is 0 Å². The van der Waals surface area contributed by atoms with Crippen molar-refractivity contribution in [3.05, 3.63) is 84.1 Å². The Kier molecular flexibility index (Phi) is 2.67. The van der Waals surface area contributed by atoms with E-state index in [1.807, 2.05) is 66.7 Å². The third-order valence-electron chi connectivity index (χ3n) is 4.55. The van der Waals surface area contributed by atoms with Crippen molar-refractivity contribution in [2.75, 3.05) is 6.61 Å². The normalized spacial score (nSPS) is 28.5. The molecule has 2 aromatic rings. The van der Waals surface area contributed by atoms with Crippen molar-refractivity contribution in [2.24, 2.45) is 5.41 Å². The van der Waals surface area contributed by atoms with Crippen molar-refractivity contribution >= 4 is 0 Å². The lowest BCUT2D eigenvalue weighted by molar-refractivity contribution is -0.360. The Morgan fingerprint density at radius 3 is 1.95 bits per heavy atom. The number of hydrogen-bond donors (Lipinski definition) is 1. The minimum absolute atomic E-state index is 0.0298. The van der Waals surface area contributed by atoms with Crippen molar-refractivity contribution in [2.45, 2.75) is 11.9 Å². The fourth-order valence-electron chi connectivity index (χ4n) is 3.48. The first-order valence-electron chi connectivity index (χ1n) is 7.06. The summed E-state index contributed by atoms with van der Waals surface area (Å²) in [5, 5.41) is 10.1. The SMILES string of the molecule is OCC12C=COC1OC2(c1ccccc1)c1ccccc1. The van der Waals surface area contributed by atoms with E-state index in [0.717, 1.165) is 11.1 Å². The van der Waals surface area contributed by atoms with Gasteiger partial charge in [0.25, 0.3) is 0 Å². The van der Waals surface area contributed by atoms with Crippen LogP contribution in [0.15, 0.2) is 73.0 Å². The summed E-state index contributed by atoms with van der Waals surface area (Å²) in [5.74, 6) is 0. The first kappa shape index (κ1) is 12.6. The van der Waals surface area contributed by atoms with Gasteiger partial charge in [-0.25, -0.2) is 0 Å². The summed E-state index contributed by atoms with van der Waals surface area (Å²) >= 11 is 0. The molecule has 2 aliphatic rings. The van der Waals surface area contributed by atoms with E-state index >= 15 is 0 Å². The average molecular weight is 280 g/mol. The molecular weight excluding hydrogens is 264 g/mol. The third kappa shape index (κ3) is 1.45. The van der Waals surface area contributed by atoms with E-state index in [1.54, 1.807) is 6.26 Å². The summed E-state index contributed by atoms with van der Waals surface area (Å²) < 4.78 is 11.7. The van der Waals surface area contributed by atoms with Gasteiger partial charge in [-0.1, -0.05) is 60.7 Å². The number of hydrogen-bond acceptors (Lipinski definition) is 3. The van der Waals surface area contributed by atoms with Crippen LogP contribution >= 0.6 is 0 Å². The predicted molar refractivity (Wildman–Crippen MR) is 78.3 cm³/mol. The number of aliphatic hydroxyl groups excluding tert-OH is 1. The lowest BCUT2D eigenvalue weighted by Crippen LogP contribution is -2.67. The summed E-state index contributed by atoms with van der Waals surface area (Å²) in [6, 6.07) is 20.0. The zero-order valence-corrected chi connectivity index (χ0v) is 11.5. The number of rotatable bonds is 3. The quantitative estimate of drug-likeness (QED) is 0.939.